The van der Waals surface area contributed by atoms with Crippen LogP contribution in [-0.2, 0) is 34.3 Å². The summed E-state index contributed by atoms with van der Waals surface area (Å²) in [5.41, 5.74) is 9.44. The Kier molecular flexibility index (Phi) is 87.4. The maximum atomic E-state index is 3.72. The van der Waals surface area contributed by atoms with Crippen molar-refractivity contribution in [2.24, 2.45) is 0 Å². The van der Waals surface area contributed by atoms with Crippen molar-refractivity contribution in [3.8, 4) is 0 Å². The molecule has 0 unspecified atom stereocenters. The molecule has 0 fully saturated rings. The van der Waals surface area contributed by atoms with Crippen LogP contribution in [0.4, 0.5) is 0 Å². The summed E-state index contributed by atoms with van der Waals surface area (Å²) >= 11 is 4.40. The zero-order valence-corrected chi connectivity index (χ0v) is 31.0. The summed E-state index contributed by atoms with van der Waals surface area (Å²) in [6.07, 6.45) is 6.17. The summed E-state index contributed by atoms with van der Waals surface area (Å²) < 4.78 is 0. The summed E-state index contributed by atoms with van der Waals surface area (Å²) in [7, 11) is 0. The zero-order valence-electron chi connectivity index (χ0n) is 25.4. The van der Waals surface area contributed by atoms with Gasteiger partial charge in [-0.2, -0.15) is 0 Å². The quantitative estimate of drug-likeness (QED) is 0.116. The third kappa shape index (κ3) is 120. The van der Waals surface area contributed by atoms with E-state index >= 15 is 0 Å². The van der Waals surface area contributed by atoms with E-state index < -0.39 is 0 Å². The molecule has 0 aromatic heterocycles. The molecule has 0 atom stereocenters. The summed E-state index contributed by atoms with van der Waals surface area (Å²) in [5, 5.41) is 0. The summed E-state index contributed by atoms with van der Waals surface area (Å²) in [4.78, 5) is 0. The van der Waals surface area contributed by atoms with Crippen LogP contribution in [0.5, 0.6) is 0 Å². The molecular formula is C31H58IRu2. The van der Waals surface area contributed by atoms with Crippen molar-refractivity contribution in [2.75, 3.05) is 0 Å². The number of rotatable bonds is 4. The molecule has 0 saturated heterocycles. The van der Waals surface area contributed by atoms with Crippen molar-refractivity contribution >= 4 is 19.8 Å². The second kappa shape index (κ2) is 46.3. The average molecular weight is 760 g/mol. The van der Waals surface area contributed by atoms with Gasteiger partial charge in [0.25, 0.3) is 0 Å². The van der Waals surface area contributed by atoms with Gasteiger partial charge in [0.2, 0.25) is 0 Å². The monoisotopic (exact) mass is 761 g/mol. The minimum atomic E-state index is 0. The van der Waals surface area contributed by atoms with Crippen LogP contribution in [0, 0.1) is 29.7 Å². The first-order valence-electron chi connectivity index (χ1n) is 9.38. The van der Waals surface area contributed by atoms with Gasteiger partial charge in [0.1, 0.15) is 0 Å². The maximum absolute atomic E-state index is 3.72. The molecule has 0 aliphatic carbocycles. The zero-order chi connectivity index (χ0) is 24.7. The SMILES string of the molecule is C=C(C)C(=C)C.C=C(C)C=C(C)C.C=C(C)C=C(C)C.C=C(C)C=C(C)C.[CH3-].[CH3-].[CH3-].[CH3-].[Ru+2].[Ru+2][I]. The molecule has 0 amide bonds. The van der Waals surface area contributed by atoms with Gasteiger partial charge in [0.05, 0.1) is 0 Å². The third-order valence-electron chi connectivity index (χ3n) is 2.33. The standard InChI is InChI=1S/3C7H12.C6H10.4CH3.HI.2Ru/c3*1-6(2)5-7(3)4;1-5(2)6(3)4;;;;;;;/h3*5H,1H2,2-4H3;1,3H2,2,4H3;4*1H3;1H;;/q;;;;4*-1;;+2;+3/p-1. The van der Waals surface area contributed by atoms with Crippen molar-refractivity contribution in [2.45, 2.75) is 76.2 Å². The fraction of sp³-hybridized carbons (Fsp3) is 0.355. The molecule has 0 radical (unpaired) electrons. The first-order valence-corrected chi connectivity index (χ1v) is 14.6. The van der Waals surface area contributed by atoms with Gasteiger partial charge in [0.15, 0.2) is 0 Å². The van der Waals surface area contributed by atoms with Crippen LogP contribution in [0.25, 0.3) is 0 Å². The van der Waals surface area contributed by atoms with Gasteiger partial charge in [-0.15, -0.1) is 0 Å². The van der Waals surface area contributed by atoms with Crippen LogP contribution in [0.2, 0.25) is 0 Å². The van der Waals surface area contributed by atoms with Crippen LogP contribution in [-0.4, -0.2) is 0 Å². The van der Waals surface area contributed by atoms with E-state index in [-0.39, 0.29) is 49.2 Å². The van der Waals surface area contributed by atoms with Crippen molar-refractivity contribution < 1.29 is 34.3 Å². The van der Waals surface area contributed by atoms with Crippen molar-refractivity contribution in [1.82, 2.24) is 0 Å². The summed E-state index contributed by atoms with van der Waals surface area (Å²) in [6.45, 7) is 40.7. The molecule has 0 nitrogen and oxygen atoms in total. The molecule has 0 aliphatic heterocycles. The predicted octanol–water partition coefficient (Wildman–Crippen LogP) is 12.4. The van der Waals surface area contributed by atoms with Gasteiger partial charge in [-0.05, 0) is 76.2 Å². The normalized spacial score (nSPS) is 6.35. The van der Waals surface area contributed by atoms with E-state index in [1.165, 1.54) is 16.7 Å². The summed E-state index contributed by atoms with van der Waals surface area (Å²) in [6, 6.07) is 0. The van der Waals surface area contributed by atoms with Crippen molar-refractivity contribution in [3.05, 3.63) is 125 Å². The fourth-order valence-electron chi connectivity index (χ4n) is 1.48. The van der Waals surface area contributed by atoms with Crippen LogP contribution in [0.1, 0.15) is 76.2 Å². The van der Waals surface area contributed by atoms with E-state index in [9.17, 15) is 0 Å². The van der Waals surface area contributed by atoms with Gasteiger partial charge in [-0.1, -0.05) is 95.7 Å². The molecule has 34 heavy (non-hydrogen) atoms. The van der Waals surface area contributed by atoms with Crippen LogP contribution in [0.3, 0.4) is 0 Å². The van der Waals surface area contributed by atoms with Gasteiger partial charge in [-0.25, -0.2) is 0 Å². The number of halogens is 1. The Labute approximate surface area is 253 Å². The first-order chi connectivity index (χ1) is 13.0. The molecule has 0 heterocycles. The Balaban J connectivity index is -0.0000000263. The van der Waals surface area contributed by atoms with E-state index in [1.807, 2.05) is 34.6 Å². The predicted molar refractivity (Wildman–Crippen MR) is 172 cm³/mol. The summed E-state index contributed by atoms with van der Waals surface area (Å²) in [5.74, 6) is 0. The van der Waals surface area contributed by atoms with Gasteiger partial charge in [0, 0.05) is 0 Å². The molecule has 0 aliphatic rings. The number of hydrogen-bond donors (Lipinski definition) is 0. The molecular weight excluding hydrogens is 701 g/mol. The number of allylic oxidation sites excluding steroid dienone is 11. The Morgan fingerprint density at radius 3 is 0.559 bits per heavy atom. The molecule has 0 N–H and O–H groups in total. The van der Waals surface area contributed by atoms with E-state index in [0.717, 1.165) is 27.9 Å². The Morgan fingerprint density at radius 2 is 0.559 bits per heavy atom. The molecule has 3 heteroatoms. The Bertz CT molecular complexity index is 510. The molecule has 0 bridgehead atoms. The second-order valence-corrected chi connectivity index (χ2v) is 7.76. The molecule has 0 saturated carbocycles. The topological polar surface area (TPSA) is 0 Å². The second-order valence-electron chi connectivity index (χ2n) is 7.76. The molecule has 205 valence electrons. The minimum absolute atomic E-state index is 0. The van der Waals surface area contributed by atoms with Gasteiger partial charge >= 0.3 is 54.0 Å². The average Bonchev–Trinajstić information content (AvgIpc) is 2.46. The van der Waals surface area contributed by atoms with Crippen LogP contribution in [0.15, 0.2) is 95.7 Å². The number of hydrogen-bond acceptors (Lipinski definition) is 0. The molecule has 0 aromatic rings. The van der Waals surface area contributed by atoms with Crippen molar-refractivity contribution in [3.63, 3.8) is 0 Å². The Morgan fingerprint density at radius 1 is 0.441 bits per heavy atom. The van der Waals surface area contributed by atoms with E-state index in [2.05, 4.69) is 127 Å². The van der Waals surface area contributed by atoms with Crippen molar-refractivity contribution in [1.29, 1.82) is 0 Å². The fourth-order valence-corrected chi connectivity index (χ4v) is 1.48. The third-order valence-corrected chi connectivity index (χ3v) is 2.33. The Hall–Kier alpha value is -0.103. The van der Waals surface area contributed by atoms with E-state index in [4.69, 9.17) is 0 Å². The van der Waals surface area contributed by atoms with Crippen LogP contribution < -0.4 is 0 Å². The molecule has 0 rings (SSSR count). The van der Waals surface area contributed by atoms with Gasteiger partial charge < -0.3 is 29.7 Å². The molecule has 0 spiro atoms. The van der Waals surface area contributed by atoms with Gasteiger partial charge in [-0.3, -0.25) is 0 Å². The van der Waals surface area contributed by atoms with Crippen LogP contribution >= 0.6 is 19.8 Å². The van der Waals surface area contributed by atoms with E-state index in [1.54, 1.807) is 0 Å². The van der Waals surface area contributed by atoms with E-state index in [0.29, 0.717) is 0 Å². The molecule has 0 aromatic carbocycles. The first kappa shape index (κ1) is 64.2.